The number of pyridine rings is 1. The van der Waals surface area contributed by atoms with E-state index in [2.05, 4.69) is 5.32 Å². The van der Waals surface area contributed by atoms with Crippen LogP contribution in [-0.2, 0) is 24.9 Å². The Morgan fingerprint density at radius 2 is 1.83 bits per heavy atom. The number of benzene rings is 1. The van der Waals surface area contributed by atoms with Gasteiger partial charge in [-0.05, 0) is 31.0 Å². The molecule has 5 nitrogen and oxygen atoms in total. The summed E-state index contributed by atoms with van der Waals surface area (Å²) >= 11 is 0. The van der Waals surface area contributed by atoms with Gasteiger partial charge in [-0.1, -0.05) is 24.3 Å². The van der Waals surface area contributed by atoms with E-state index in [1.165, 1.54) is 10.6 Å². The number of aromatic nitrogens is 1. The molecule has 0 aliphatic carbocycles. The number of amides is 1. The standard InChI is InChI=1S/C18H22N2O3/c1-13(2)23-12-15-6-4-14(5-7-15)11-19-18(22)16-8-9-20(3)17(21)10-16/h4-10,13H,11-12H2,1-3H3,(H,19,22). The molecule has 0 unspecified atom stereocenters. The summed E-state index contributed by atoms with van der Waals surface area (Å²) in [5, 5.41) is 2.81. The van der Waals surface area contributed by atoms with Gasteiger partial charge in [0.1, 0.15) is 0 Å². The zero-order valence-corrected chi connectivity index (χ0v) is 13.7. The van der Waals surface area contributed by atoms with Crippen LogP contribution in [0.15, 0.2) is 47.4 Å². The Morgan fingerprint density at radius 3 is 2.43 bits per heavy atom. The molecule has 0 atom stereocenters. The highest BCUT2D eigenvalue weighted by Crippen LogP contribution is 2.07. The molecule has 0 saturated heterocycles. The number of carbonyl (C=O) groups excluding carboxylic acids is 1. The first-order valence-electron chi connectivity index (χ1n) is 7.60. The highest BCUT2D eigenvalue weighted by molar-refractivity contribution is 5.93. The van der Waals surface area contributed by atoms with Gasteiger partial charge in [0.15, 0.2) is 0 Å². The van der Waals surface area contributed by atoms with Gasteiger partial charge in [-0.25, -0.2) is 0 Å². The monoisotopic (exact) mass is 314 g/mol. The molecular formula is C18H22N2O3. The van der Waals surface area contributed by atoms with Gasteiger partial charge in [-0.2, -0.15) is 0 Å². The Bertz CT molecular complexity index is 718. The lowest BCUT2D eigenvalue weighted by atomic mass is 10.1. The molecule has 0 aliphatic heterocycles. The third kappa shape index (κ3) is 5.07. The van der Waals surface area contributed by atoms with Crippen LogP contribution in [-0.4, -0.2) is 16.6 Å². The molecule has 1 aromatic heterocycles. The van der Waals surface area contributed by atoms with Crippen molar-refractivity contribution >= 4 is 5.91 Å². The second kappa shape index (κ2) is 7.74. The normalized spacial score (nSPS) is 10.8. The Balaban J connectivity index is 1.91. The van der Waals surface area contributed by atoms with Crippen molar-refractivity contribution in [3.63, 3.8) is 0 Å². The fourth-order valence-corrected chi connectivity index (χ4v) is 1.99. The predicted molar refractivity (Wildman–Crippen MR) is 89.2 cm³/mol. The van der Waals surface area contributed by atoms with Gasteiger partial charge < -0.3 is 14.6 Å². The SMILES string of the molecule is CC(C)OCc1ccc(CNC(=O)c2ccn(C)c(=O)c2)cc1. The van der Waals surface area contributed by atoms with E-state index in [-0.39, 0.29) is 17.6 Å². The van der Waals surface area contributed by atoms with Crippen molar-refractivity contribution in [1.29, 1.82) is 0 Å². The van der Waals surface area contributed by atoms with E-state index in [0.717, 1.165) is 11.1 Å². The zero-order valence-electron chi connectivity index (χ0n) is 13.7. The van der Waals surface area contributed by atoms with Crippen LogP contribution in [0.5, 0.6) is 0 Å². The van der Waals surface area contributed by atoms with Gasteiger partial charge in [0.25, 0.3) is 11.5 Å². The first-order chi connectivity index (χ1) is 11.0. The number of hydrogen-bond acceptors (Lipinski definition) is 3. The van der Waals surface area contributed by atoms with Crippen LogP contribution in [0, 0.1) is 0 Å². The predicted octanol–water partition coefficient (Wildman–Crippen LogP) is 2.24. The molecule has 1 amide bonds. The van der Waals surface area contributed by atoms with Gasteiger partial charge in [-0.15, -0.1) is 0 Å². The number of nitrogens with one attached hydrogen (secondary N) is 1. The van der Waals surface area contributed by atoms with E-state index >= 15 is 0 Å². The maximum Gasteiger partial charge on any atom is 0.251 e. The van der Waals surface area contributed by atoms with Crippen LogP contribution in [0.25, 0.3) is 0 Å². The summed E-state index contributed by atoms with van der Waals surface area (Å²) in [7, 11) is 1.65. The fourth-order valence-electron chi connectivity index (χ4n) is 1.99. The summed E-state index contributed by atoms with van der Waals surface area (Å²) in [6, 6.07) is 10.9. The van der Waals surface area contributed by atoms with Crippen molar-refractivity contribution in [1.82, 2.24) is 9.88 Å². The molecule has 0 radical (unpaired) electrons. The molecule has 0 aliphatic rings. The summed E-state index contributed by atoms with van der Waals surface area (Å²) in [4.78, 5) is 23.6. The molecular weight excluding hydrogens is 292 g/mol. The number of carbonyl (C=O) groups is 1. The molecule has 2 aromatic rings. The van der Waals surface area contributed by atoms with Crippen LogP contribution < -0.4 is 10.9 Å². The van der Waals surface area contributed by atoms with E-state index in [4.69, 9.17) is 4.74 Å². The van der Waals surface area contributed by atoms with Crippen LogP contribution in [0.3, 0.4) is 0 Å². The second-order valence-electron chi connectivity index (χ2n) is 5.72. The Kier molecular flexibility index (Phi) is 5.71. The largest absolute Gasteiger partial charge is 0.374 e. The summed E-state index contributed by atoms with van der Waals surface area (Å²) in [5.41, 5.74) is 2.26. The lowest BCUT2D eigenvalue weighted by Crippen LogP contribution is -2.25. The molecule has 5 heteroatoms. The summed E-state index contributed by atoms with van der Waals surface area (Å²) in [6.45, 7) is 5.00. The first kappa shape index (κ1) is 17.0. The van der Waals surface area contributed by atoms with Crippen molar-refractivity contribution in [2.75, 3.05) is 0 Å². The molecule has 1 N–H and O–H groups in total. The first-order valence-corrected chi connectivity index (χ1v) is 7.60. The zero-order chi connectivity index (χ0) is 16.8. The molecule has 122 valence electrons. The molecule has 0 fully saturated rings. The third-order valence-electron chi connectivity index (χ3n) is 3.43. The highest BCUT2D eigenvalue weighted by atomic mass is 16.5. The minimum atomic E-state index is -0.255. The average molecular weight is 314 g/mol. The topological polar surface area (TPSA) is 60.3 Å². The molecule has 1 aromatic carbocycles. The van der Waals surface area contributed by atoms with Crippen molar-refractivity contribution in [2.24, 2.45) is 7.05 Å². The molecule has 2 rings (SSSR count). The van der Waals surface area contributed by atoms with E-state index in [0.29, 0.717) is 18.7 Å². The van der Waals surface area contributed by atoms with E-state index in [1.807, 2.05) is 38.1 Å². The Hall–Kier alpha value is -2.40. The molecule has 0 bridgehead atoms. The lowest BCUT2D eigenvalue weighted by molar-refractivity contribution is 0.0657. The van der Waals surface area contributed by atoms with Crippen LogP contribution >= 0.6 is 0 Å². The molecule has 0 spiro atoms. The van der Waals surface area contributed by atoms with E-state index < -0.39 is 0 Å². The van der Waals surface area contributed by atoms with E-state index in [9.17, 15) is 9.59 Å². The van der Waals surface area contributed by atoms with Gasteiger partial charge in [0, 0.05) is 31.4 Å². The number of ether oxygens (including phenoxy) is 1. The van der Waals surface area contributed by atoms with Gasteiger partial charge in [-0.3, -0.25) is 9.59 Å². The maximum absolute atomic E-state index is 12.0. The Morgan fingerprint density at radius 1 is 1.17 bits per heavy atom. The maximum atomic E-state index is 12.0. The Labute approximate surface area is 135 Å². The number of nitrogens with zero attached hydrogens (tertiary/aromatic N) is 1. The van der Waals surface area contributed by atoms with Gasteiger partial charge in [0.2, 0.25) is 0 Å². The molecule has 0 saturated carbocycles. The van der Waals surface area contributed by atoms with Crippen LogP contribution in [0.4, 0.5) is 0 Å². The molecule has 1 heterocycles. The quantitative estimate of drug-likeness (QED) is 0.889. The van der Waals surface area contributed by atoms with E-state index in [1.54, 1.807) is 19.3 Å². The summed E-state index contributed by atoms with van der Waals surface area (Å²) in [6.07, 6.45) is 1.79. The minimum Gasteiger partial charge on any atom is -0.374 e. The second-order valence-corrected chi connectivity index (χ2v) is 5.72. The summed E-state index contributed by atoms with van der Waals surface area (Å²) < 4.78 is 6.97. The van der Waals surface area contributed by atoms with Crippen molar-refractivity contribution in [3.05, 3.63) is 69.6 Å². The number of rotatable bonds is 6. The van der Waals surface area contributed by atoms with Crippen molar-refractivity contribution in [3.8, 4) is 0 Å². The van der Waals surface area contributed by atoms with Gasteiger partial charge >= 0.3 is 0 Å². The summed E-state index contributed by atoms with van der Waals surface area (Å²) in [5.74, 6) is -0.255. The van der Waals surface area contributed by atoms with Crippen molar-refractivity contribution in [2.45, 2.75) is 33.1 Å². The highest BCUT2D eigenvalue weighted by Gasteiger charge is 2.06. The third-order valence-corrected chi connectivity index (χ3v) is 3.43. The smallest absolute Gasteiger partial charge is 0.251 e. The van der Waals surface area contributed by atoms with Crippen LogP contribution in [0.2, 0.25) is 0 Å². The number of aryl methyl sites for hydroxylation is 1. The van der Waals surface area contributed by atoms with Crippen molar-refractivity contribution < 1.29 is 9.53 Å². The molecule has 23 heavy (non-hydrogen) atoms. The fraction of sp³-hybridized carbons (Fsp3) is 0.333. The van der Waals surface area contributed by atoms with Crippen LogP contribution in [0.1, 0.15) is 35.3 Å². The average Bonchev–Trinajstić information content (AvgIpc) is 2.54. The minimum absolute atomic E-state index is 0.201. The lowest BCUT2D eigenvalue weighted by Gasteiger charge is -2.09. The van der Waals surface area contributed by atoms with Gasteiger partial charge in [0.05, 0.1) is 12.7 Å². The number of hydrogen-bond donors (Lipinski definition) is 1.